The Morgan fingerprint density at radius 2 is 1.88 bits per heavy atom. The van der Waals surface area contributed by atoms with Crippen molar-refractivity contribution in [3.8, 4) is 0 Å². The second-order valence-corrected chi connectivity index (χ2v) is 5.38. The number of ether oxygens (including phenoxy) is 1. The summed E-state index contributed by atoms with van der Waals surface area (Å²) in [5.41, 5.74) is 0.691. The van der Waals surface area contributed by atoms with Gasteiger partial charge in [0.2, 0.25) is 0 Å². The molecule has 138 valence electrons. The van der Waals surface area contributed by atoms with E-state index in [0.717, 1.165) is 5.01 Å². The second kappa shape index (κ2) is 10.3. The monoisotopic (exact) mass is 351 g/mol. The van der Waals surface area contributed by atoms with Crippen LogP contribution in [-0.4, -0.2) is 60.7 Å². The first-order valence-electron chi connectivity index (χ1n) is 8.07. The Morgan fingerprint density at radius 3 is 2.44 bits per heavy atom. The van der Waals surface area contributed by atoms with Gasteiger partial charge in [0.05, 0.1) is 24.8 Å². The molecule has 0 aromatic heterocycles. The van der Waals surface area contributed by atoms with E-state index in [1.807, 2.05) is 6.07 Å². The van der Waals surface area contributed by atoms with Gasteiger partial charge >= 0.3 is 11.9 Å². The van der Waals surface area contributed by atoms with Crippen LogP contribution >= 0.6 is 0 Å². The van der Waals surface area contributed by atoms with Crippen LogP contribution in [0, 0.1) is 0 Å². The number of anilines is 1. The third-order valence-electron chi connectivity index (χ3n) is 3.49. The van der Waals surface area contributed by atoms with Crippen LogP contribution < -0.4 is 10.3 Å². The van der Waals surface area contributed by atoms with Gasteiger partial charge in [-0.2, -0.15) is 0 Å². The largest absolute Gasteiger partial charge is 0.480 e. The van der Waals surface area contributed by atoms with Gasteiger partial charge in [-0.1, -0.05) is 18.2 Å². The van der Waals surface area contributed by atoms with E-state index < -0.39 is 24.5 Å². The summed E-state index contributed by atoms with van der Waals surface area (Å²) in [6, 6.07) is 8.34. The van der Waals surface area contributed by atoms with Crippen molar-refractivity contribution in [2.24, 2.45) is 0 Å². The summed E-state index contributed by atoms with van der Waals surface area (Å²) in [6.07, 6.45) is 0.138. The van der Waals surface area contributed by atoms with Crippen LogP contribution in [0.1, 0.15) is 20.3 Å². The number of esters is 1. The van der Waals surface area contributed by atoms with Crippen LogP contribution in [0.5, 0.6) is 0 Å². The standard InChI is InChI=1S/C17H25N3O5/c1-4-25-16(23)10-11-18-13(2)17(24)20(12-15(21)22)19(3)14-8-6-5-7-9-14/h5-9,13,18H,4,10-12H2,1-3H3,(H,21,22)/t13-/m0/s1. The molecule has 0 unspecified atom stereocenters. The van der Waals surface area contributed by atoms with E-state index in [-0.39, 0.29) is 18.9 Å². The van der Waals surface area contributed by atoms with E-state index >= 15 is 0 Å². The lowest BCUT2D eigenvalue weighted by atomic mass is 10.2. The molecule has 0 aliphatic carbocycles. The predicted octanol–water partition coefficient (Wildman–Crippen LogP) is 0.882. The number of aliphatic carboxylic acids is 1. The number of carbonyl (C=O) groups excluding carboxylic acids is 2. The molecule has 0 fully saturated rings. The number of amides is 1. The molecule has 0 bridgehead atoms. The fourth-order valence-corrected chi connectivity index (χ4v) is 2.18. The van der Waals surface area contributed by atoms with Crippen LogP contribution in [-0.2, 0) is 19.1 Å². The lowest BCUT2D eigenvalue weighted by Gasteiger charge is -2.34. The molecule has 1 rings (SSSR count). The van der Waals surface area contributed by atoms with Crippen LogP contribution in [0.2, 0.25) is 0 Å². The van der Waals surface area contributed by atoms with Gasteiger partial charge in [-0.3, -0.25) is 19.4 Å². The first kappa shape index (κ1) is 20.4. The lowest BCUT2D eigenvalue weighted by Crippen LogP contribution is -2.53. The lowest BCUT2D eigenvalue weighted by molar-refractivity contribution is -0.145. The highest BCUT2D eigenvalue weighted by Crippen LogP contribution is 2.14. The van der Waals surface area contributed by atoms with E-state index in [9.17, 15) is 14.4 Å². The highest BCUT2D eigenvalue weighted by molar-refractivity contribution is 5.86. The van der Waals surface area contributed by atoms with E-state index in [1.165, 1.54) is 5.01 Å². The average molecular weight is 351 g/mol. The van der Waals surface area contributed by atoms with E-state index in [2.05, 4.69) is 5.32 Å². The van der Waals surface area contributed by atoms with Gasteiger partial charge in [0.15, 0.2) is 0 Å². The summed E-state index contributed by atoms with van der Waals surface area (Å²) < 4.78 is 4.82. The summed E-state index contributed by atoms with van der Waals surface area (Å²) in [6.45, 7) is 3.46. The van der Waals surface area contributed by atoms with E-state index in [0.29, 0.717) is 12.3 Å². The molecule has 0 saturated carbocycles. The second-order valence-electron chi connectivity index (χ2n) is 5.38. The number of carbonyl (C=O) groups is 3. The molecular formula is C17H25N3O5. The van der Waals surface area contributed by atoms with Crippen molar-refractivity contribution in [1.29, 1.82) is 0 Å². The summed E-state index contributed by atoms with van der Waals surface area (Å²) in [5.74, 6) is -1.87. The summed E-state index contributed by atoms with van der Waals surface area (Å²) >= 11 is 0. The molecule has 2 N–H and O–H groups in total. The Labute approximate surface area is 147 Å². The number of nitrogens with zero attached hydrogens (tertiary/aromatic N) is 2. The highest BCUT2D eigenvalue weighted by atomic mass is 16.5. The molecule has 8 nitrogen and oxygen atoms in total. The third-order valence-corrected chi connectivity index (χ3v) is 3.49. The van der Waals surface area contributed by atoms with Crippen molar-refractivity contribution < 1.29 is 24.2 Å². The van der Waals surface area contributed by atoms with Gasteiger partial charge in [-0.25, -0.2) is 5.01 Å². The maximum atomic E-state index is 12.6. The van der Waals surface area contributed by atoms with E-state index in [1.54, 1.807) is 45.2 Å². The Hall–Kier alpha value is -2.61. The molecule has 0 spiro atoms. The fourth-order valence-electron chi connectivity index (χ4n) is 2.18. The highest BCUT2D eigenvalue weighted by Gasteiger charge is 2.26. The van der Waals surface area contributed by atoms with Crippen LogP contribution in [0.25, 0.3) is 0 Å². The van der Waals surface area contributed by atoms with Crippen LogP contribution in [0.15, 0.2) is 30.3 Å². The zero-order valence-corrected chi connectivity index (χ0v) is 14.8. The fraction of sp³-hybridized carbons (Fsp3) is 0.471. The number of carboxylic acids is 1. The van der Waals surface area contributed by atoms with E-state index in [4.69, 9.17) is 9.84 Å². The molecule has 1 aromatic carbocycles. The van der Waals surface area contributed by atoms with Gasteiger partial charge in [0.1, 0.15) is 6.54 Å². The third kappa shape index (κ3) is 6.80. The molecule has 1 atom stereocenters. The minimum absolute atomic E-state index is 0.138. The summed E-state index contributed by atoms with van der Waals surface area (Å²) in [5, 5.41) is 14.7. The topological polar surface area (TPSA) is 99.2 Å². The number of nitrogens with one attached hydrogen (secondary N) is 1. The minimum atomic E-state index is -1.12. The van der Waals surface area contributed by atoms with Crippen LogP contribution in [0.4, 0.5) is 5.69 Å². The number of hydrazine groups is 1. The Balaban J connectivity index is 2.72. The number of para-hydroxylation sites is 1. The molecule has 0 radical (unpaired) electrons. The summed E-state index contributed by atoms with van der Waals surface area (Å²) in [4.78, 5) is 35.1. The first-order valence-corrected chi connectivity index (χ1v) is 8.07. The van der Waals surface area contributed by atoms with Gasteiger partial charge in [-0.15, -0.1) is 0 Å². The quantitative estimate of drug-likeness (QED) is 0.477. The zero-order valence-electron chi connectivity index (χ0n) is 14.8. The molecule has 0 heterocycles. The SMILES string of the molecule is CCOC(=O)CCN[C@@H](C)C(=O)N(CC(=O)O)N(C)c1ccccc1. The van der Waals surface area contributed by atoms with Crippen molar-refractivity contribution in [3.05, 3.63) is 30.3 Å². The maximum absolute atomic E-state index is 12.6. The normalized spacial score (nSPS) is 11.5. The molecule has 25 heavy (non-hydrogen) atoms. The Morgan fingerprint density at radius 1 is 1.24 bits per heavy atom. The minimum Gasteiger partial charge on any atom is -0.480 e. The molecule has 1 amide bonds. The maximum Gasteiger partial charge on any atom is 0.325 e. The van der Waals surface area contributed by atoms with Gasteiger partial charge in [0.25, 0.3) is 5.91 Å². The predicted molar refractivity (Wildman–Crippen MR) is 92.9 cm³/mol. The Bertz CT molecular complexity index is 579. The van der Waals surface area contributed by atoms with Crippen LogP contribution in [0.3, 0.4) is 0 Å². The van der Waals surface area contributed by atoms with Crippen molar-refractivity contribution in [3.63, 3.8) is 0 Å². The summed E-state index contributed by atoms with van der Waals surface area (Å²) in [7, 11) is 1.63. The number of carboxylic acid groups (broad SMARTS) is 1. The zero-order chi connectivity index (χ0) is 18.8. The van der Waals surface area contributed by atoms with Crippen molar-refractivity contribution in [2.45, 2.75) is 26.3 Å². The molecular weight excluding hydrogens is 326 g/mol. The molecule has 8 heteroatoms. The van der Waals surface area contributed by atoms with Crippen molar-refractivity contribution in [2.75, 3.05) is 31.8 Å². The smallest absolute Gasteiger partial charge is 0.325 e. The van der Waals surface area contributed by atoms with Crippen molar-refractivity contribution >= 4 is 23.5 Å². The molecule has 0 saturated heterocycles. The number of rotatable bonds is 10. The number of hydrogen-bond donors (Lipinski definition) is 2. The molecule has 0 aliphatic rings. The van der Waals surface area contributed by atoms with Gasteiger partial charge in [-0.05, 0) is 26.0 Å². The van der Waals surface area contributed by atoms with Crippen molar-refractivity contribution in [1.82, 2.24) is 10.3 Å². The van der Waals surface area contributed by atoms with Gasteiger partial charge in [0, 0.05) is 13.6 Å². The number of hydrogen-bond acceptors (Lipinski definition) is 6. The average Bonchev–Trinajstić information content (AvgIpc) is 2.59. The molecule has 1 aromatic rings. The number of benzene rings is 1. The molecule has 0 aliphatic heterocycles. The van der Waals surface area contributed by atoms with Gasteiger partial charge < -0.3 is 15.2 Å². The Kier molecular flexibility index (Phi) is 8.42. The first-order chi connectivity index (χ1) is 11.9.